The predicted octanol–water partition coefficient (Wildman–Crippen LogP) is 4.13. The third-order valence-electron chi connectivity index (χ3n) is 3.57. The Labute approximate surface area is 117 Å². The lowest BCUT2D eigenvalue weighted by Crippen LogP contribution is -2.06. The van der Waals surface area contributed by atoms with Gasteiger partial charge >= 0.3 is 0 Å². The van der Waals surface area contributed by atoms with Crippen LogP contribution < -0.4 is 4.74 Å². The normalized spacial score (nSPS) is 14.3. The maximum Gasteiger partial charge on any atom is 0.149 e. The molecule has 1 heterocycles. The molecule has 19 heavy (non-hydrogen) atoms. The van der Waals surface area contributed by atoms with Crippen molar-refractivity contribution < 1.29 is 9.84 Å². The van der Waals surface area contributed by atoms with Gasteiger partial charge in [0.25, 0.3) is 0 Å². The minimum absolute atomic E-state index is 0.144. The monoisotopic (exact) mass is 274 g/mol. The molecular weight excluding hydrogens is 260 g/mol. The fourth-order valence-corrected chi connectivity index (χ4v) is 2.60. The third kappa shape index (κ3) is 2.22. The van der Waals surface area contributed by atoms with Crippen molar-refractivity contribution in [1.82, 2.24) is 0 Å². The Morgan fingerprint density at radius 3 is 2.89 bits per heavy atom. The second-order valence-corrected chi connectivity index (χ2v) is 5.36. The molecule has 1 unspecified atom stereocenters. The molecule has 1 aliphatic rings. The van der Waals surface area contributed by atoms with Crippen LogP contribution in [-0.2, 0) is 6.42 Å². The SMILES string of the molecule is CC(CO)c1ccc2c(c1)Cc1cccc(Cl)c1O2. The Bertz CT molecular complexity index is 622. The molecule has 0 spiro atoms. The fraction of sp³-hybridized carbons (Fsp3) is 0.250. The summed E-state index contributed by atoms with van der Waals surface area (Å²) in [5.41, 5.74) is 3.39. The molecule has 2 aromatic carbocycles. The molecule has 0 saturated carbocycles. The Morgan fingerprint density at radius 2 is 2.11 bits per heavy atom. The molecule has 98 valence electrons. The topological polar surface area (TPSA) is 29.5 Å². The molecule has 0 bridgehead atoms. The number of halogens is 1. The lowest BCUT2D eigenvalue weighted by molar-refractivity contribution is 0.273. The van der Waals surface area contributed by atoms with E-state index in [2.05, 4.69) is 6.07 Å². The van der Waals surface area contributed by atoms with Crippen molar-refractivity contribution in [3.8, 4) is 11.5 Å². The van der Waals surface area contributed by atoms with E-state index >= 15 is 0 Å². The van der Waals surface area contributed by atoms with E-state index in [1.54, 1.807) is 0 Å². The highest BCUT2D eigenvalue weighted by molar-refractivity contribution is 6.32. The summed E-state index contributed by atoms with van der Waals surface area (Å²) in [7, 11) is 0. The molecular formula is C16H15ClO2. The second-order valence-electron chi connectivity index (χ2n) is 4.96. The average Bonchev–Trinajstić information content (AvgIpc) is 2.44. The number of aliphatic hydroxyl groups excluding tert-OH is 1. The molecule has 2 nitrogen and oxygen atoms in total. The van der Waals surface area contributed by atoms with Crippen molar-refractivity contribution in [1.29, 1.82) is 0 Å². The molecule has 0 radical (unpaired) electrons. The van der Waals surface area contributed by atoms with Crippen LogP contribution in [0.5, 0.6) is 11.5 Å². The maximum absolute atomic E-state index is 9.24. The Balaban J connectivity index is 2.00. The number of ether oxygens (including phenoxy) is 1. The largest absolute Gasteiger partial charge is 0.455 e. The molecule has 0 aromatic heterocycles. The first-order chi connectivity index (χ1) is 9.19. The van der Waals surface area contributed by atoms with E-state index in [0.717, 1.165) is 34.6 Å². The molecule has 1 aliphatic heterocycles. The number of para-hydroxylation sites is 1. The lowest BCUT2D eigenvalue weighted by atomic mass is 9.94. The first kappa shape index (κ1) is 12.5. The van der Waals surface area contributed by atoms with E-state index in [1.165, 1.54) is 0 Å². The van der Waals surface area contributed by atoms with Crippen LogP contribution in [0.3, 0.4) is 0 Å². The van der Waals surface area contributed by atoms with E-state index in [1.807, 2.05) is 37.3 Å². The van der Waals surface area contributed by atoms with E-state index in [0.29, 0.717) is 5.02 Å². The summed E-state index contributed by atoms with van der Waals surface area (Å²) < 4.78 is 5.88. The van der Waals surface area contributed by atoms with Gasteiger partial charge in [-0.2, -0.15) is 0 Å². The van der Waals surface area contributed by atoms with Gasteiger partial charge in [-0.3, -0.25) is 0 Å². The molecule has 3 rings (SSSR count). The molecule has 2 aromatic rings. The van der Waals surface area contributed by atoms with Crippen LogP contribution >= 0.6 is 11.6 Å². The Kier molecular flexibility index (Phi) is 3.21. The van der Waals surface area contributed by atoms with E-state index < -0.39 is 0 Å². The van der Waals surface area contributed by atoms with Gasteiger partial charge in [0.1, 0.15) is 11.5 Å². The summed E-state index contributed by atoms with van der Waals surface area (Å²) >= 11 is 6.15. The number of benzene rings is 2. The first-order valence-corrected chi connectivity index (χ1v) is 6.75. The van der Waals surface area contributed by atoms with Gasteiger partial charge in [-0.1, -0.05) is 42.8 Å². The predicted molar refractivity (Wildman–Crippen MR) is 76.3 cm³/mol. The molecule has 1 atom stereocenters. The van der Waals surface area contributed by atoms with Crippen molar-refractivity contribution >= 4 is 11.6 Å². The molecule has 0 amide bonds. The van der Waals surface area contributed by atoms with Crippen LogP contribution in [0, 0.1) is 0 Å². The van der Waals surface area contributed by atoms with Crippen LogP contribution in [-0.4, -0.2) is 11.7 Å². The molecule has 3 heteroatoms. The maximum atomic E-state index is 9.24. The fourth-order valence-electron chi connectivity index (χ4n) is 2.37. The highest BCUT2D eigenvalue weighted by atomic mass is 35.5. The van der Waals surface area contributed by atoms with Crippen molar-refractivity contribution in [3.63, 3.8) is 0 Å². The van der Waals surface area contributed by atoms with E-state index in [4.69, 9.17) is 16.3 Å². The zero-order chi connectivity index (χ0) is 13.4. The summed E-state index contributed by atoms with van der Waals surface area (Å²) in [5.74, 6) is 1.76. The molecule has 0 fully saturated rings. The first-order valence-electron chi connectivity index (χ1n) is 6.38. The number of rotatable bonds is 2. The zero-order valence-corrected chi connectivity index (χ0v) is 11.4. The number of fused-ring (bicyclic) bond motifs is 2. The van der Waals surface area contributed by atoms with E-state index in [-0.39, 0.29) is 12.5 Å². The van der Waals surface area contributed by atoms with Crippen LogP contribution in [0.15, 0.2) is 36.4 Å². The molecule has 0 saturated heterocycles. The van der Waals surface area contributed by atoms with Gasteiger partial charge in [0.15, 0.2) is 0 Å². The summed E-state index contributed by atoms with van der Waals surface area (Å²) in [5, 5.41) is 9.89. The van der Waals surface area contributed by atoms with Gasteiger partial charge in [0, 0.05) is 24.5 Å². The smallest absolute Gasteiger partial charge is 0.149 e. The molecule has 0 aliphatic carbocycles. The van der Waals surface area contributed by atoms with Crippen molar-refractivity contribution in [3.05, 3.63) is 58.1 Å². The van der Waals surface area contributed by atoms with Crippen LogP contribution in [0.1, 0.15) is 29.5 Å². The lowest BCUT2D eigenvalue weighted by Gasteiger charge is -2.22. The quantitative estimate of drug-likeness (QED) is 0.761. The van der Waals surface area contributed by atoms with Gasteiger partial charge in [-0.25, -0.2) is 0 Å². The van der Waals surface area contributed by atoms with Crippen LogP contribution in [0.4, 0.5) is 0 Å². The molecule has 1 N–H and O–H groups in total. The Hall–Kier alpha value is -1.51. The van der Waals surface area contributed by atoms with Crippen molar-refractivity contribution in [2.45, 2.75) is 19.3 Å². The number of aliphatic hydroxyl groups is 1. The van der Waals surface area contributed by atoms with Crippen molar-refractivity contribution in [2.24, 2.45) is 0 Å². The average molecular weight is 275 g/mol. The van der Waals surface area contributed by atoms with Crippen LogP contribution in [0.2, 0.25) is 5.02 Å². The second kappa shape index (κ2) is 4.87. The number of hydrogen-bond acceptors (Lipinski definition) is 2. The Morgan fingerprint density at radius 1 is 1.26 bits per heavy atom. The van der Waals surface area contributed by atoms with Gasteiger partial charge in [-0.15, -0.1) is 0 Å². The van der Waals surface area contributed by atoms with E-state index in [9.17, 15) is 5.11 Å². The minimum Gasteiger partial charge on any atom is -0.455 e. The van der Waals surface area contributed by atoms with Gasteiger partial charge < -0.3 is 9.84 Å². The highest BCUT2D eigenvalue weighted by Gasteiger charge is 2.20. The summed E-state index contributed by atoms with van der Waals surface area (Å²) in [6, 6.07) is 11.9. The summed E-state index contributed by atoms with van der Waals surface area (Å²) in [6.07, 6.45) is 0.817. The van der Waals surface area contributed by atoms with Crippen molar-refractivity contribution in [2.75, 3.05) is 6.61 Å². The summed E-state index contributed by atoms with van der Waals surface area (Å²) in [6.45, 7) is 2.16. The minimum atomic E-state index is 0.144. The highest BCUT2D eigenvalue weighted by Crippen LogP contribution is 2.41. The third-order valence-corrected chi connectivity index (χ3v) is 3.87. The van der Waals surface area contributed by atoms with Crippen LogP contribution in [0.25, 0.3) is 0 Å². The van der Waals surface area contributed by atoms with Gasteiger partial charge in [0.2, 0.25) is 0 Å². The number of hydrogen-bond donors (Lipinski definition) is 1. The van der Waals surface area contributed by atoms with Gasteiger partial charge in [0.05, 0.1) is 5.02 Å². The van der Waals surface area contributed by atoms with Gasteiger partial charge in [-0.05, 0) is 23.3 Å². The standard InChI is InChI=1S/C16H15ClO2/c1-10(9-18)11-5-6-15-13(7-11)8-12-3-2-4-14(17)16(12)19-15/h2-7,10,18H,8-9H2,1H3. The summed E-state index contributed by atoms with van der Waals surface area (Å²) in [4.78, 5) is 0. The zero-order valence-electron chi connectivity index (χ0n) is 10.7.